The number of ether oxygens (including phenoxy) is 2. The summed E-state index contributed by atoms with van der Waals surface area (Å²) in [5.74, 6) is 2.74. The maximum absolute atomic E-state index is 5.87. The first kappa shape index (κ1) is 17.3. The van der Waals surface area contributed by atoms with Crippen molar-refractivity contribution in [1.82, 2.24) is 0 Å². The second-order valence-electron chi connectivity index (χ2n) is 6.12. The Morgan fingerprint density at radius 2 is 1.88 bits per heavy atom. The number of hydrogen-bond acceptors (Lipinski definition) is 3. The monoisotopic (exact) mass is 333 g/mol. The number of aryl methyl sites for hydroxylation is 1. The number of hydrogen-bond donors (Lipinski definition) is 0. The second kappa shape index (κ2) is 8.53. The summed E-state index contributed by atoms with van der Waals surface area (Å²) < 4.78 is 11.7. The molecule has 1 aliphatic rings. The lowest BCUT2D eigenvalue weighted by Gasteiger charge is -2.33. The van der Waals surface area contributed by atoms with Crippen LogP contribution in [0.25, 0.3) is 0 Å². The average Bonchev–Trinajstić information content (AvgIpc) is 2.67. The fourth-order valence-electron chi connectivity index (χ4n) is 2.81. The lowest BCUT2D eigenvalue weighted by Crippen LogP contribution is -2.41. The molecule has 0 amide bonds. The number of terminal acetylenes is 1. The highest BCUT2D eigenvalue weighted by molar-refractivity contribution is 5.50. The van der Waals surface area contributed by atoms with Gasteiger partial charge >= 0.3 is 0 Å². The summed E-state index contributed by atoms with van der Waals surface area (Å²) in [4.78, 5) is 2.17. The van der Waals surface area contributed by atoms with Gasteiger partial charge in [-0.2, -0.15) is 0 Å². The van der Waals surface area contributed by atoms with Crippen LogP contribution >= 0.6 is 0 Å². The maximum atomic E-state index is 5.87. The van der Waals surface area contributed by atoms with E-state index in [0.29, 0.717) is 19.8 Å². The van der Waals surface area contributed by atoms with E-state index in [9.17, 15) is 0 Å². The summed E-state index contributed by atoms with van der Waals surface area (Å²) in [7, 11) is 0. The van der Waals surface area contributed by atoms with Crippen LogP contribution in [0.2, 0.25) is 0 Å². The molecule has 25 heavy (non-hydrogen) atoms. The van der Waals surface area contributed by atoms with Crippen molar-refractivity contribution in [1.29, 1.82) is 0 Å². The van der Waals surface area contributed by atoms with Gasteiger partial charge in [-0.1, -0.05) is 60.0 Å². The van der Waals surface area contributed by atoms with E-state index in [2.05, 4.69) is 48.1 Å². The summed E-state index contributed by atoms with van der Waals surface area (Å²) in [6.07, 6.45) is 9.33. The topological polar surface area (TPSA) is 21.7 Å². The first-order valence-corrected chi connectivity index (χ1v) is 8.48. The van der Waals surface area contributed by atoms with E-state index in [0.717, 1.165) is 11.3 Å². The Balaban J connectivity index is 1.61. The normalized spacial score (nSPS) is 19.4. The molecule has 128 valence electrons. The Labute approximate surface area is 149 Å². The predicted octanol–water partition coefficient (Wildman–Crippen LogP) is 3.93. The third-order valence-electron chi connectivity index (χ3n) is 4.21. The van der Waals surface area contributed by atoms with E-state index >= 15 is 0 Å². The number of rotatable bonds is 6. The second-order valence-corrected chi connectivity index (χ2v) is 6.12. The molecule has 2 aromatic rings. The van der Waals surface area contributed by atoms with Gasteiger partial charge in [0.15, 0.2) is 6.29 Å². The molecule has 0 saturated heterocycles. The third kappa shape index (κ3) is 4.73. The predicted molar refractivity (Wildman–Crippen MR) is 101 cm³/mol. The highest BCUT2D eigenvalue weighted by atomic mass is 16.7. The van der Waals surface area contributed by atoms with Crippen molar-refractivity contribution in [3.63, 3.8) is 0 Å². The quantitative estimate of drug-likeness (QED) is 0.590. The van der Waals surface area contributed by atoms with Crippen LogP contribution in [0.4, 0.5) is 5.69 Å². The molecule has 0 N–H and O–H groups in total. The van der Waals surface area contributed by atoms with Gasteiger partial charge in [0.1, 0.15) is 0 Å². The Hall–Kier alpha value is -2.54. The zero-order chi connectivity index (χ0) is 17.5. The van der Waals surface area contributed by atoms with Crippen LogP contribution in [-0.4, -0.2) is 25.5 Å². The number of nitrogens with zero attached hydrogens (tertiary/aromatic N) is 1. The fourth-order valence-corrected chi connectivity index (χ4v) is 2.81. The van der Waals surface area contributed by atoms with E-state index in [1.54, 1.807) is 0 Å². The Morgan fingerprint density at radius 3 is 2.52 bits per heavy atom. The SMILES string of the molecule is C#CCN(c1ccc(C)cc1)[C@H]1C=C[C@H](OCc2ccccc2)OC1. The van der Waals surface area contributed by atoms with Gasteiger partial charge in [-0.3, -0.25) is 0 Å². The van der Waals surface area contributed by atoms with Gasteiger partial charge in [0.25, 0.3) is 0 Å². The van der Waals surface area contributed by atoms with Crippen LogP contribution in [0.5, 0.6) is 0 Å². The smallest absolute Gasteiger partial charge is 0.177 e. The molecule has 0 spiro atoms. The molecule has 2 atom stereocenters. The largest absolute Gasteiger partial charge is 0.352 e. The van der Waals surface area contributed by atoms with Crippen molar-refractivity contribution in [3.8, 4) is 12.3 Å². The molecule has 3 rings (SSSR count). The first-order chi connectivity index (χ1) is 12.3. The fraction of sp³-hybridized carbons (Fsp3) is 0.273. The zero-order valence-electron chi connectivity index (χ0n) is 14.5. The van der Waals surface area contributed by atoms with Gasteiger partial charge < -0.3 is 14.4 Å². The number of anilines is 1. The molecule has 0 radical (unpaired) electrons. The molecule has 0 aliphatic carbocycles. The summed E-state index contributed by atoms with van der Waals surface area (Å²) in [6.45, 7) is 3.70. The van der Waals surface area contributed by atoms with Crippen molar-refractivity contribution in [2.75, 3.05) is 18.1 Å². The molecule has 3 heteroatoms. The van der Waals surface area contributed by atoms with Gasteiger partial charge in [-0.25, -0.2) is 0 Å². The molecule has 0 saturated carbocycles. The van der Waals surface area contributed by atoms with Crippen LogP contribution in [-0.2, 0) is 16.1 Å². The average molecular weight is 333 g/mol. The van der Waals surface area contributed by atoms with Crippen LogP contribution in [0, 0.1) is 19.3 Å². The standard InChI is InChI=1S/C22H23NO2/c1-3-15-23(20-11-9-18(2)10-12-20)21-13-14-22(25-17-21)24-16-19-7-5-4-6-8-19/h1,4-14,21-22H,15-17H2,2H3/t21-,22+/m0/s1. The molecule has 0 aromatic heterocycles. The van der Waals surface area contributed by atoms with Crippen molar-refractivity contribution in [2.24, 2.45) is 0 Å². The van der Waals surface area contributed by atoms with Crippen molar-refractivity contribution < 1.29 is 9.47 Å². The van der Waals surface area contributed by atoms with Gasteiger partial charge in [0.2, 0.25) is 0 Å². The maximum Gasteiger partial charge on any atom is 0.177 e. The van der Waals surface area contributed by atoms with Crippen molar-refractivity contribution >= 4 is 5.69 Å². The van der Waals surface area contributed by atoms with E-state index in [4.69, 9.17) is 15.9 Å². The van der Waals surface area contributed by atoms with Crippen molar-refractivity contribution in [2.45, 2.75) is 25.9 Å². The zero-order valence-corrected chi connectivity index (χ0v) is 14.5. The minimum absolute atomic E-state index is 0.107. The van der Waals surface area contributed by atoms with E-state index in [1.165, 1.54) is 5.56 Å². The molecule has 0 unspecified atom stereocenters. The molecule has 0 fully saturated rings. The van der Waals surface area contributed by atoms with Gasteiger partial charge in [0, 0.05) is 5.69 Å². The van der Waals surface area contributed by atoms with E-state index in [-0.39, 0.29) is 12.3 Å². The van der Waals surface area contributed by atoms with Crippen LogP contribution < -0.4 is 4.90 Å². The lowest BCUT2D eigenvalue weighted by molar-refractivity contribution is -0.125. The highest BCUT2D eigenvalue weighted by Gasteiger charge is 2.22. The minimum Gasteiger partial charge on any atom is -0.352 e. The third-order valence-corrected chi connectivity index (χ3v) is 4.21. The first-order valence-electron chi connectivity index (χ1n) is 8.48. The summed E-state index contributed by atoms with van der Waals surface area (Å²) in [6, 6.07) is 18.6. The lowest BCUT2D eigenvalue weighted by atomic mass is 10.1. The number of benzene rings is 2. The van der Waals surface area contributed by atoms with Crippen LogP contribution in [0.15, 0.2) is 66.7 Å². The van der Waals surface area contributed by atoms with E-state index in [1.807, 2.05) is 36.4 Å². The van der Waals surface area contributed by atoms with Crippen molar-refractivity contribution in [3.05, 3.63) is 77.9 Å². The van der Waals surface area contributed by atoms with Gasteiger partial charge in [-0.15, -0.1) is 6.42 Å². The van der Waals surface area contributed by atoms with Gasteiger partial charge in [-0.05, 0) is 30.7 Å². The molecular formula is C22H23NO2. The highest BCUT2D eigenvalue weighted by Crippen LogP contribution is 2.21. The molecule has 1 heterocycles. The Morgan fingerprint density at radius 1 is 1.12 bits per heavy atom. The molecule has 2 aromatic carbocycles. The van der Waals surface area contributed by atoms with E-state index < -0.39 is 0 Å². The Kier molecular flexibility index (Phi) is 5.90. The summed E-state index contributed by atoms with van der Waals surface area (Å²) >= 11 is 0. The summed E-state index contributed by atoms with van der Waals surface area (Å²) in [5.41, 5.74) is 3.47. The van der Waals surface area contributed by atoms with Gasteiger partial charge in [0.05, 0.1) is 25.8 Å². The van der Waals surface area contributed by atoms with Crippen LogP contribution in [0.1, 0.15) is 11.1 Å². The molecule has 3 nitrogen and oxygen atoms in total. The molecular weight excluding hydrogens is 310 g/mol. The molecule has 0 bridgehead atoms. The molecule has 1 aliphatic heterocycles. The Bertz CT molecular complexity index is 731. The summed E-state index contributed by atoms with van der Waals surface area (Å²) in [5, 5.41) is 0. The van der Waals surface area contributed by atoms with Crippen LogP contribution in [0.3, 0.4) is 0 Å². The minimum atomic E-state index is -0.317.